The molecule has 5 nitrogen and oxygen atoms in total. The number of pyridine rings is 1. The highest BCUT2D eigenvalue weighted by molar-refractivity contribution is 6.32. The van der Waals surface area contributed by atoms with Gasteiger partial charge in [0.05, 0.1) is 5.56 Å². The molecule has 1 aromatic carbocycles. The third-order valence-electron chi connectivity index (χ3n) is 3.69. The lowest BCUT2D eigenvalue weighted by Crippen LogP contribution is -2.22. The lowest BCUT2D eigenvalue weighted by molar-refractivity contribution is -0.119. The summed E-state index contributed by atoms with van der Waals surface area (Å²) in [6.07, 6.45) is 2.43. The van der Waals surface area contributed by atoms with E-state index in [4.69, 9.17) is 16.3 Å². The number of nitrogens with zero attached hydrogens (tertiary/aromatic N) is 1. The summed E-state index contributed by atoms with van der Waals surface area (Å²) in [5.74, 6) is -0.768. The van der Waals surface area contributed by atoms with E-state index < -0.39 is 11.9 Å². The fourth-order valence-electron chi connectivity index (χ4n) is 2.19. The summed E-state index contributed by atoms with van der Waals surface area (Å²) >= 11 is 5.82. The maximum atomic E-state index is 12.1. The lowest BCUT2D eigenvalue weighted by atomic mass is 9.97. The fraction of sp³-hybridized carbons (Fsp3) is 0.278. The Bertz CT molecular complexity index is 734. The number of carbonyl (C=O) groups excluding carboxylic acids is 2. The average Bonchev–Trinajstić information content (AvgIpc) is 2.60. The highest BCUT2D eigenvalue weighted by Gasteiger charge is 2.15. The molecule has 126 valence electrons. The molecule has 1 aromatic heterocycles. The number of nitrogens with one attached hydrogen (secondary N) is 1. The van der Waals surface area contributed by atoms with Gasteiger partial charge in [0.1, 0.15) is 5.15 Å². The smallest absolute Gasteiger partial charge is 0.341 e. The number of carbonyl (C=O) groups is 2. The molecule has 0 fully saturated rings. The fourth-order valence-corrected chi connectivity index (χ4v) is 2.39. The van der Waals surface area contributed by atoms with Crippen molar-refractivity contribution < 1.29 is 14.3 Å². The van der Waals surface area contributed by atoms with Gasteiger partial charge < -0.3 is 10.1 Å². The van der Waals surface area contributed by atoms with E-state index in [1.165, 1.54) is 12.3 Å². The maximum Gasteiger partial charge on any atom is 0.341 e. The Kier molecular flexibility index (Phi) is 6.32. The van der Waals surface area contributed by atoms with E-state index >= 15 is 0 Å². The van der Waals surface area contributed by atoms with Crippen LogP contribution in [-0.4, -0.2) is 23.5 Å². The van der Waals surface area contributed by atoms with Gasteiger partial charge in [-0.2, -0.15) is 0 Å². The predicted octanol–water partition coefficient (Wildman–Crippen LogP) is 4.04. The van der Waals surface area contributed by atoms with Gasteiger partial charge in [-0.1, -0.05) is 43.6 Å². The zero-order valence-corrected chi connectivity index (χ0v) is 14.3. The summed E-state index contributed by atoms with van der Waals surface area (Å²) in [5, 5.41) is 2.83. The number of ether oxygens (including phenoxy) is 1. The van der Waals surface area contributed by atoms with Crippen molar-refractivity contribution >= 4 is 29.2 Å². The number of para-hydroxylation sites is 1. The van der Waals surface area contributed by atoms with Crippen LogP contribution in [0, 0.1) is 0 Å². The molecule has 0 spiro atoms. The highest BCUT2D eigenvalue weighted by atomic mass is 35.5. The molecule has 0 radical (unpaired) electrons. The molecular formula is C18H19ClN2O3. The van der Waals surface area contributed by atoms with Gasteiger partial charge in [0.25, 0.3) is 5.91 Å². The van der Waals surface area contributed by atoms with Crippen LogP contribution in [0.25, 0.3) is 0 Å². The van der Waals surface area contributed by atoms with Gasteiger partial charge >= 0.3 is 5.97 Å². The van der Waals surface area contributed by atoms with Crippen molar-refractivity contribution in [2.45, 2.75) is 26.2 Å². The second-order valence-electron chi connectivity index (χ2n) is 5.36. The number of rotatable bonds is 6. The molecule has 0 aliphatic heterocycles. The highest BCUT2D eigenvalue weighted by Crippen LogP contribution is 2.26. The number of hydrogen-bond donors (Lipinski definition) is 1. The van der Waals surface area contributed by atoms with Crippen LogP contribution >= 0.6 is 11.6 Å². The standard InChI is InChI=1S/C18H19ClN2O3/c1-3-12(2)13-7-4-5-9-15(13)21-16(22)11-24-18(23)14-8-6-10-20-17(14)19/h4-10,12H,3,11H2,1-2H3,(H,21,22)/t12-/m1/s1. The molecular weight excluding hydrogens is 328 g/mol. The van der Waals surface area contributed by atoms with Crippen molar-refractivity contribution in [3.63, 3.8) is 0 Å². The summed E-state index contributed by atoms with van der Waals surface area (Å²) in [6, 6.07) is 10.7. The number of aromatic nitrogens is 1. The second kappa shape index (κ2) is 8.45. The Labute approximate surface area is 146 Å². The maximum absolute atomic E-state index is 12.1. The summed E-state index contributed by atoms with van der Waals surface area (Å²) in [6.45, 7) is 3.79. The van der Waals surface area contributed by atoms with Gasteiger partial charge in [-0.15, -0.1) is 0 Å². The Balaban J connectivity index is 1.97. The van der Waals surface area contributed by atoms with E-state index in [2.05, 4.69) is 24.1 Å². The normalized spacial score (nSPS) is 11.6. The minimum Gasteiger partial charge on any atom is -0.452 e. The van der Waals surface area contributed by atoms with Gasteiger partial charge in [-0.05, 0) is 36.1 Å². The van der Waals surface area contributed by atoms with Crippen molar-refractivity contribution in [3.05, 3.63) is 58.9 Å². The van der Waals surface area contributed by atoms with E-state index in [1.807, 2.05) is 24.3 Å². The minimum absolute atomic E-state index is 0.0463. The van der Waals surface area contributed by atoms with E-state index in [-0.39, 0.29) is 17.3 Å². The molecule has 0 aliphatic rings. The molecule has 1 amide bonds. The topological polar surface area (TPSA) is 68.3 Å². The largest absolute Gasteiger partial charge is 0.452 e. The first-order chi connectivity index (χ1) is 11.5. The van der Waals surface area contributed by atoms with E-state index in [1.54, 1.807) is 6.07 Å². The van der Waals surface area contributed by atoms with Crippen molar-refractivity contribution in [2.24, 2.45) is 0 Å². The molecule has 1 N–H and O–H groups in total. The van der Waals surface area contributed by atoms with Crippen LogP contribution in [0.3, 0.4) is 0 Å². The molecule has 2 aromatic rings. The molecule has 2 rings (SSSR count). The van der Waals surface area contributed by atoms with Crippen LogP contribution in [0.2, 0.25) is 5.15 Å². The number of benzene rings is 1. The molecule has 0 saturated carbocycles. The third kappa shape index (κ3) is 4.55. The first kappa shape index (κ1) is 17.9. The Hall–Kier alpha value is -2.40. The van der Waals surface area contributed by atoms with Gasteiger partial charge in [0.15, 0.2) is 6.61 Å². The van der Waals surface area contributed by atoms with E-state index in [9.17, 15) is 9.59 Å². The molecule has 0 bridgehead atoms. The van der Waals surface area contributed by atoms with Crippen LogP contribution in [-0.2, 0) is 9.53 Å². The van der Waals surface area contributed by atoms with Gasteiger partial charge in [0.2, 0.25) is 0 Å². The predicted molar refractivity (Wildman–Crippen MR) is 93.3 cm³/mol. The quantitative estimate of drug-likeness (QED) is 0.633. The molecule has 0 aliphatic carbocycles. The monoisotopic (exact) mass is 346 g/mol. The third-order valence-corrected chi connectivity index (χ3v) is 3.99. The van der Waals surface area contributed by atoms with E-state index in [0.29, 0.717) is 5.92 Å². The van der Waals surface area contributed by atoms with Crippen molar-refractivity contribution in [1.82, 2.24) is 4.98 Å². The average molecular weight is 347 g/mol. The molecule has 24 heavy (non-hydrogen) atoms. The zero-order chi connectivity index (χ0) is 17.5. The van der Waals surface area contributed by atoms with Crippen LogP contribution in [0.1, 0.15) is 42.1 Å². The van der Waals surface area contributed by atoms with Crippen LogP contribution in [0.4, 0.5) is 5.69 Å². The van der Waals surface area contributed by atoms with Crippen molar-refractivity contribution in [3.8, 4) is 0 Å². The van der Waals surface area contributed by atoms with Crippen LogP contribution < -0.4 is 5.32 Å². The first-order valence-corrected chi connectivity index (χ1v) is 8.07. The molecule has 1 atom stereocenters. The lowest BCUT2D eigenvalue weighted by Gasteiger charge is -2.15. The minimum atomic E-state index is -0.682. The number of esters is 1. The Morgan fingerprint density at radius 1 is 1.25 bits per heavy atom. The van der Waals surface area contributed by atoms with Crippen LogP contribution in [0.5, 0.6) is 0 Å². The summed E-state index contributed by atoms with van der Waals surface area (Å²) in [4.78, 5) is 27.8. The van der Waals surface area contributed by atoms with Gasteiger partial charge in [0, 0.05) is 11.9 Å². The van der Waals surface area contributed by atoms with Crippen molar-refractivity contribution in [1.29, 1.82) is 0 Å². The SMILES string of the molecule is CC[C@@H](C)c1ccccc1NC(=O)COC(=O)c1cccnc1Cl. The summed E-state index contributed by atoms with van der Waals surface area (Å²) < 4.78 is 4.99. The number of amides is 1. The molecule has 1 heterocycles. The molecule has 0 unspecified atom stereocenters. The van der Waals surface area contributed by atoms with Gasteiger partial charge in [-0.25, -0.2) is 9.78 Å². The Morgan fingerprint density at radius 3 is 2.71 bits per heavy atom. The summed E-state index contributed by atoms with van der Waals surface area (Å²) in [5.41, 5.74) is 1.91. The first-order valence-electron chi connectivity index (χ1n) is 7.69. The molecule has 6 heteroatoms. The Morgan fingerprint density at radius 2 is 2.00 bits per heavy atom. The number of halogens is 1. The van der Waals surface area contributed by atoms with E-state index in [0.717, 1.165) is 17.7 Å². The molecule has 0 saturated heterocycles. The number of hydrogen-bond acceptors (Lipinski definition) is 4. The summed E-state index contributed by atoms with van der Waals surface area (Å²) in [7, 11) is 0. The van der Waals surface area contributed by atoms with Crippen LogP contribution in [0.15, 0.2) is 42.6 Å². The second-order valence-corrected chi connectivity index (χ2v) is 5.72. The van der Waals surface area contributed by atoms with Crippen molar-refractivity contribution in [2.75, 3.05) is 11.9 Å². The number of anilines is 1. The zero-order valence-electron chi connectivity index (χ0n) is 13.6. The van der Waals surface area contributed by atoms with Gasteiger partial charge in [-0.3, -0.25) is 4.79 Å².